The van der Waals surface area contributed by atoms with Gasteiger partial charge in [0.2, 0.25) is 0 Å². The molecule has 0 fully saturated rings. The van der Waals surface area contributed by atoms with Crippen molar-refractivity contribution in [3.63, 3.8) is 0 Å². The number of hydrogen-bond acceptors (Lipinski definition) is 2. The molecule has 0 atom stereocenters. The summed E-state index contributed by atoms with van der Waals surface area (Å²) in [5, 5.41) is 1.03. The van der Waals surface area contributed by atoms with Gasteiger partial charge in [0.25, 0.3) is 0 Å². The first-order chi connectivity index (χ1) is 11.6. The van der Waals surface area contributed by atoms with E-state index in [-0.39, 0.29) is 29.8 Å². The van der Waals surface area contributed by atoms with Crippen molar-refractivity contribution in [2.45, 2.75) is 53.9 Å². The number of benzene rings is 2. The van der Waals surface area contributed by atoms with Crippen molar-refractivity contribution in [2.75, 3.05) is 6.61 Å². The summed E-state index contributed by atoms with van der Waals surface area (Å²) in [6.45, 7) is 15.3. The average Bonchev–Trinajstić information content (AvgIpc) is 2.48. The molecule has 0 N–H and O–H groups in total. The molecule has 0 aliphatic rings. The van der Waals surface area contributed by atoms with Crippen LogP contribution in [0, 0.1) is 20.8 Å². The second-order valence-electron chi connectivity index (χ2n) is 7.53. The van der Waals surface area contributed by atoms with Crippen molar-refractivity contribution in [3.05, 3.63) is 58.1 Å². The normalized spacial score (nSPS) is 11.5. The number of hydrogen-bond donors (Lipinski definition) is 0. The van der Waals surface area contributed by atoms with Crippen LogP contribution in [0.25, 0.3) is 0 Å². The molecule has 2 aromatic rings. The van der Waals surface area contributed by atoms with Gasteiger partial charge < -0.3 is 18.1 Å². The molecule has 2 nitrogen and oxygen atoms in total. The molecular formula is C22H28LiO2P. The molecule has 2 aromatic carbocycles. The van der Waals surface area contributed by atoms with E-state index in [1.54, 1.807) is 0 Å². The van der Waals surface area contributed by atoms with Gasteiger partial charge in [0.1, 0.15) is 5.75 Å². The Morgan fingerprint density at radius 2 is 1.58 bits per heavy atom. The first kappa shape index (κ1) is 23.0. The topological polar surface area (TPSA) is 26.3 Å². The monoisotopic (exact) mass is 362 g/mol. The Hall–Kier alpha value is -1.06. The molecular weight excluding hydrogens is 334 g/mol. The molecule has 0 aliphatic carbocycles. The molecule has 2 rings (SSSR count). The third-order valence-electron chi connectivity index (χ3n) is 4.31. The molecule has 0 radical (unpaired) electrons. The van der Waals surface area contributed by atoms with Gasteiger partial charge in [-0.1, -0.05) is 44.5 Å². The van der Waals surface area contributed by atoms with Crippen molar-refractivity contribution in [1.29, 1.82) is 0 Å². The number of ether oxygens (including phenoxy) is 1. The summed E-state index contributed by atoms with van der Waals surface area (Å²) in [6.07, 6.45) is 0. The third kappa shape index (κ3) is 5.47. The molecule has 0 bridgehead atoms. The Morgan fingerprint density at radius 1 is 1.00 bits per heavy atom. The summed E-state index contributed by atoms with van der Waals surface area (Å²) in [7, 11) is 0.716. The minimum Gasteiger partial charge on any atom is -0.494 e. The Morgan fingerprint density at radius 3 is 2.04 bits per heavy atom. The van der Waals surface area contributed by atoms with E-state index in [1.165, 1.54) is 5.56 Å². The third-order valence-corrected chi connectivity index (χ3v) is 5.48. The number of rotatable bonds is 5. The summed E-state index contributed by atoms with van der Waals surface area (Å²) in [5.41, 5.74) is 5.57. The zero-order chi connectivity index (χ0) is 18.8. The number of carbonyl (C=O) groups is 1. The van der Waals surface area contributed by atoms with Gasteiger partial charge >= 0.3 is 18.9 Å². The van der Waals surface area contributed by atoms with Gasteiger partial charge in [-0.2, -0.15) is 5.30 Å². The van der Waals surface area contributed by atoms with Gasteiger partial charge in [-0.05, 0) is 67.5 Å². The molecule has 0 amide bonds. The van der Waals surface area contributed by atoms with Crippen LogP contribution in [0.3, 0.4) is 0 Å². The summed E-state index contributed by atoms with van der Waals surface area (Å²) in [4.78, 5) is 12.9. The van der Waals surface area contributed by atoms with Crippen molar-refractivity contribution >= 4 is 19.4 Å². The Bertz CT molecular complexity index is 768. The second-order valence-corrected chi connectivity index (χ2v) is 8.64. The fourth-order valence-corrected chi connectivity index (χ4v) is 3.98. The van der Waals surface area contributed by atoms with Crippen LogP contribution in [0.1, 0.15) is 60.3 Å². The second kappa shape index (κ2) is 9.23. The van der Waals surface area contributed by atoms with Crippen LogP contribution < -0.4 is 28.9 Å². The molecule has 4 heteroatoms. The van der Waals surface area contributed by atoms with E-state index >= 15 is 0 Å². The summed E-state index contributed by atoms with van der Waals surface area (Å²) in [6, 6.07) is 10.2. The van der Waals surface area contributed by atoms with Gasteiger partial charge in [0.15, 0.2) is 0 Å². The van der Waals surface area contributed by atoms with Crippen LogP contribution in [-0.2, 0) is 5.41 Å². The molecule has 134 valence electrons. The molecule has 0 saturated carbocycles. The minimum absolute atomic E-state index is 0. The van der Waals surface area contributed by atoms with E-state index in [2.05, 4.69) is 32.9 Å². The summed E-state index contributed by atoms with van der Waals surface area (Å²) < 4.78 is 5.53. The van der Waals surface area contributed by atoms with Gasteiger partial charge in [-0.3, -0.25) is 0 Å². The zero-order valence-corrected chi connectivity index (χ0v) is 18.3. The van der Waals surface area contributed by atoms with E-state index in [0.717, 1.165) is 33.3 Å². The van der Waals surface area contributed by atoms with Crippen molar-refractivity contribution in [3.8, 4) is 5.75 Å². The SMILES string of the molecule is CCOc1ccc([P-]C(=O)c2c(C)cc(C(C)(C)C)cc2C)c(C)c1.[Li+]. The maximum atomic E-state index is 12.9. The number of aryl methyl sites for hydroxylation is 3. The Kier molecular flexibility index (Phi) is 8.16. The van der Waals surface area contributed by atoms with E-state index in [0.29, 0.717) is 15.2 Å². The molecule has 0 aliphatic heterocycles. The Labute approximate surface area is 172 Å². The summed E-state index contributed by atoms with van der Waals surface area (Å²) >= 11 is 0. The Balaban J connectivity index is 0.00000338. The van der Waals surface area contributed by atoms with Crippen LogP contribution in [0.2, 0.25) is 0 Å². The molecule has 0 spiro atoms. The predicted octanol–water partition coefficient (Wildman–Crippen LogP) is 2.72. The first-order valence-corrected chi connectivity index (χ1v) is 9.64. The van der Waals surface area contributed by atoms with E-state index in [4.69, 9.17) is 4.74 Å². The van der Waals surface area contributed by atoms with Crippen LogP contribution in [0.4, 0.5) is 0 Å². The average molecular weight is 362 g/mol. The van der Waals surface area contributed by atoms with Crippen LogP contribution >= 0.6 is 8.58 Å². The molecule has 0 unspecified atom stereocenters. The van der Waals surface area contributed by atoms with E-state index < -0.39 is 0 Å². The van der Waals surface area contributed by atoms with Gasteiger partial charge in [0.05, 0.1) is 6.61 Å². The molecule has 0 saturated heterocycles. The van der Waals surface area contributed by atoms with E-state index in [1.807, 2.05) is 45.9 Å². The summed E-state index contributed by atoms with van der Waals surface area (Å²) in [5.74, 6) is 0.855. The van der Waals surface area contributed by atoms with Crippen LogP contribution in [-0.4, -0.2) is 12.1 Å². The van der Waals surface area contributed by atoms with E-state index in [9.17, 15) is 4.79 Å². The molecule has 0 heterocycles. The van der Waals surface area contributed by atoms with Crippen molar-refractivity contribution < 1.29 is 28.4 Å². The minimum atomic E-state index is 0. The van der Waals surface area contributed by atoms with Crippen molar-refractivity contribution in [1.82, 2.24) is 0 Å². The predicted molar refractivity (Wildman–Crippen MR) is 108 cm³/mol. The maximum absolute atomic E-state index is 12.9. The van der Waals surface area contributed by atoms with Gasteiger partial charge in [0, 0.05) is 5.52 Å². The van der Waals surface area contributed by atoms with Gasteiger partial charge in [-0.15, -0.1) is 0 Å². The zero-order valence-electron chi connectivity index (χ0n) is 17.4. The van der Waals surface area contributed by atoms with Gasteiger partial charge in [-0.25, -0.2) is 0 Å². The smallest absolute Gasteiger partial charge is 0.494 e. The fraction of sp³-hybridized carbons (Fsp3) is 0.409. The fourth-order valence-electron chi connectivity index (χ4n) is 2.91. The first-order valence-electron chi connectivity index (χ1n) is 8.74. The van der Waals surface area contributed by atoms with Crippen molar-refractivity contribution in [2.24, 2.45) is 0 Å². The van der Waals surface area contributed by atoms with Crippen LogP contribution in [0.5, 0.6) is 5.75 Å². The molecule has 0 aromatic heterocycles. The quantitative estimate of drug-likeness (QED) is 0.604. The van der Waals surface area contributed by atoms with Crippen LogP contribution in [0.15, 0.2) is 30.3 Å². The standard InChI is InChI=1S/C22H28O2P.Li/c1-8-24-18-9-10-19(14(2)13-18)25-21(23)20-15(3)11-17(12-16(20)4)22(5,6)7;/h9-13H,8H2,1-7H3;/q-1;+1. The number of carbonyl (C=O) groups excluding carboxylic acids is 1. The maximum Gasteiger partial charge on any atom is 1.00 e. The molecule has 26 heavy (non-hydrogen) atoms. The largest absolute Gasteiger partial charge is 1.00 e.